The zero-order chi connectivity index (χ0) is 12.9. The normalized spacial score (nSPS) is 38.9. The second-order valence-electron chi connectivity index (χ2n) is 7.31. The molecule has 4 fully saturated rings. The van der Waals surface area contributed by atoms with Crippen LogP contribution in [-0.4, -0.2) is 0 Å². The molecule has 0 atom stereocenters. The molecule has 98 valence electrons. The first-order valence-electron chi connectivity index (χ1n) is 7.81. The average molecular weight is 250 g/mol. The van der Waals surface area contributed by atoms with Gasteiger partial charge in [0.25, 0.3) is 0 Å². The van der Waals surface area contributed by atoms with E-state index < -0.39 is 0 Å². The molecule has 4 saturated carbocycles. The van der Waals surface area contributed by atoms with Crippen molar-refractivity contribution in [3.05, 3.63) is 35.4 Å². The maximum Gasteiger partial charge on any atom is 0.0326 e. The Labute approximate surface area is 116 Å². The van der Waals surface area contributed by atoms with Crippen LogP contribution in [0.3, 0.4) is 0 Å². The van der Waals surface area contributed by atoms with E-state index in [2.05, 4.69) is 43.0 Å². The first-order valence-corrected chi connectivity index (χ1v) is 7.81. The van der Waals surface area contributed by atoms with E-state index in [0.29, 0.717) is 5.41 Å². The predicted molar refractivity (Wildman–Crippen MR) is 78.7 cm³/mol. The van der Waals surface area contributed by atoms with Crippen molar-refractivity contribution in [2.24, 2.45) is 23.2 Å². The molecule has 4 aliphatic carbocycles. The summed E-state index contributed by atoms with van der Waals surface area (Å²) in [6, 6.07) is 8.68. The summed E-state index contributed by atoms with van der Waals surface area (Å²) >= 11 is 0. The fourth-order valence-electron chi connectivity index (χ4n) is 5.11. The van der Waals surface area contributed by atoms with Gasteiger partial charge in [-0.05, 0) is 75.3 Å². The maximum atomic E-state index is 3.71. The predicted octanol–water partition coefficient (Wildman–Crippen LogP) is 4.56. The minimum Gasteiger partial charge on any atom is -0.0911 e. The summed E-state index contributed by atoms with van der Waals surface area (Å²) in [6.07, 6.45) is 8.68. The van der Waals surface area contributed by atoms with Crippen LogP contribution >= 0.6 is 0 Å². The second-order valence-corrected chi connectivity index (χ2v) is 7.31. The van der Waals surface area contributed by atoms with Gasteiger partial charge in [-0.2, -0.15) is 0 Å². The monoisotopic (exact) mass is 250 g/mol. The van der Waals surface area contributed by atoms with E-state index in [-0.39, 0.29) is 0 Å². The van der Waals surface area contributed by atoms with Crippen LogP contribution in [-0.2, 0) is 0 Å². The highest BCUT2D eigenvalue weighted by atomic mass is 14.5. The average Bonchev–Trinajstić information content (AvgIpc) is 2.36. The van der Waals surface area contributed by atoms with Crippen molar-refractivity contribution in [1.82, 2.24) is 0 Å². The molecule has 19 heavy (non-hydrogen) atoms. The Morgan fingerprint density at radius 2 is 1.42 bits per heavy atom. The molecule has 1 aromatic carbocycles. The first kappa shape index (κ1) is 11.6. The lowest BCUT2D eigenvalue weighted by Crippen LogP contribution is -2.45. The molecule has 0 N–H and O–H groups in total. The van der Waals surface area contributed by atoms with Crippen LogP contribution in [0.1, 0.15) is 49.7 Å². The number of aryl methyl sites for hydroxylation is 1. The summed E-state index contributed by atoms with van der Waals surface area (Å²) in [4.78, 5) is 0. The van der Waals surface area contributed by atoms with Crippen LogP contribution in [0, 0.1) is 41.9 Å². The van der Waals surface area contributed by atoms with E-state index >= 15 is 0 Å². The molecule has 0 spiro atoms. The summed E-state index contributed by atoms with van der Waals surface area (Å²) in [7, 11) is 0. The fraction of sp³-hybridized carbons (Fsp3) is 0.579. The van der Waals surface area contributed by atoms with E-state index in [1.54, 1.807) is 0 Å². The van der Waals surface area contributed by atoms with Crippen molar-refractivity contribution in [1.29, 1.82) is 0 Å². The Balaban J connectivity index is 1.61. The lowest BCUT2D eigenvalue weighted by Gasteiger charge is -2.54. The fourth-order valence-corrected chi connectivity index (χ4v) is 5.11. The Kier molecular flexibility index (Phi) is 2.52. The molecule has 4 bridgehead atoms. The second kappa shape index (κ2) is 4.14. The highest BCUT2D eigenvalue weighted by molar-refractivity contribution is 5.37. The van der Waals surface area contributed by atoms with Crippen LogP contribution in [0.15, 0.2) is 24.3 Å². The maximum absolute atomic E-state index is 3.71. The summed E-state index contributed by atoms with van der Waals surface area (Å²) in [5, 5.41) is 0. The Hall–Kier alpha value is -1.22. The molecule has 0 unspecified atom stereocenters. The molecule has 1 aromatic rings. The largest absolute Gasteiger partial charge is 0.0911 e. The van der Waals surface area contributed by atoms with Gasteiger partial charge in [0.2, 0.25) is 0 Å². The molecule has 0 heterocycles. The van der Waals surface area contributed by atoms with Gasteiger partial charge in [0, 0.05) is 11.0 Å². The van der Waals surface area contributed by atoms with Gasteiger partial charge in [0.15, 0.2) is 0 Å². The molecule has 0 saturated heterocycles. The highest BCUT2D eigenvalue weighted by Gasteiger charge is 2.50. The van der Waals surface area contributed by atoms with Gasteiger partial charge < -0.3 is 0 Å². The van der Waals surface area contributed by atoms with Gasteiger partial charge in [-0.1, -0.05) is 29.5 Å². The first-order chi connectivity index (χ1) is 9.21. The molecule has 4 aliphatic rings. The molecule has 0 radical (unpaired) electrons. The lowest BCUT2D eigenvalue weighted by atomic mass is 9.50. The van der Waals surface area contributed by atoms with E-state index in [1.807, 2.05) is 0 Å². The summed E-state index contributed by atoms with van der Waals surface area (Å²) in [6.45, 7) is 2.14. The third-order valence-corrected chi connectivity index (χ3v) is 5.56. The van der Waals surface area contributed by atoms with Crippen molar-refractivity contribution in [3.8, 4) is 11.8 Å². The molecule has 5 rings (SSSR count). The van der Waals surface area contributed by atoms with E-state index in [0.717, 1.165) is 17.8 Å². The van der Waals surface area contributed by atoms with E-state index in [1.165, 1.54) is 49.7 Å². The van der Waals surface area contributed by atoms with Crippen LogP contribution in [0.4, 0.5) is 0 Å². The quantitative estimate of drug-likeness (QED) is 0.592. The van der Waals surface area contributed by atoms with Crippen molar-refractivity contribution in [2.75, 3.05) is 0 Å². The van der Waals surface area contributed by atoms with Crippen LogP contribution in [0.2, 0.25) is 0 Å². The zero-order valence-corrected chi connectivity index (χ0v) is 11.8. The van der Waals surface area contributed by atoms with E-state index in [4.69, 9.17) is 0 Å². The molecule has 0 aliphatic heterocycles. The smallest absolute Gasteiger partial charge is 0.0326 e. The summed E-state index contributed by atoms with van der Waals surface area (Å²) in [5.74, 6) is 10.2. The third-order valence-electron chi connectivity index (χ3n) is 5.56. The van der Waals surface area contributed by atoms with Gasteiger partial charge in [-0.3, -0.25) is 0 Å². The summed E-state index contributed by atoms with van der Waals surface area (Å²) < 4.78 is 0. The van der Waals surface area contributed by atoms with Crippen molar-refractivity contribution >= 4 is 0 Å². The minimum absolute atomic E-state index is 0.389. The Bertz CT molecular complexity index is 502. The molecule has 0 amide bonds. The van der Waals surface area contributed by atoms with Gasteiger partial charge in [0.1, 0.15) is 0 Å². The topological polar surface area (TPSA) is 0 Å². The Morgan fingerprint density at radius 3 is 1.95 bits per heavy atom. The standard InChI is InChI=1S/C19H22/c1-14-2-4-15(5-3-14)6-7-19-11-16-8-17(12-19)10-18(9-16)13-19/h2-5,16-18H,8-13H2,1H3. The van der Waals surface area contributed by atoms with Crippen molar-refractivity contribution < 1.29 is 0 Å². The SMILES string of the molecule is Cc1ccc(C#CC23CC4CC(CC(C4)C2)C3)cc1. The zero-order valence-electron chi connectivity index (χ0n) is 11.8. The molecule has 0 aromatic heterocycles. The van der Waals surface area contributed by atoms with E-state index in [9.17, 15) is 0 Å². The van der Waals surface area contributed by atoms with Gasteiger partial charge in [-0.15, -0.1) is 0 Å². The molecule has 0 heteroatoms. The van der Waals surface area contributed by atoms with Gasteiger partial charge in [-0.25, -0.2) is 0 Å². The van der Waals surface area contributed by atoms with Crippen LogP contribution < -0.4 is 0 Å². The molecular formula is C19H22. The number of hydrogen-bond acceptors (Lipinski definition) is 0. The van der Waals surface area contributed by atoms with Crippen molar-refractivity contribution in [3.63, 3.8) is 0 Å². The van der Waals surface area contributed by atoms with Crippen LogP contribution in [0.25, 0.3) is 0 Å². The number of benzene rings is 1. The van der Waals surface area contributed by atoms with Gasteiger partial charge >= 0.3 is 0 Å². The third kappa shape index (κ3) is 2.10. The highest BCUT2D eigenvalue weighted by Crippen LogP contribution is 2.59. The number of rotatable bonds is 0. The minimum atomic E-state index is 0.389. The van der Waals surface area contributed by atoms with Gasteiger partial charge in [0.05, 0.1) is 0 Å². The molecular weight excluding hydrogens is 228 g/mol. The summed E-state index contributed by atoms with van der Waals surface area (Å²) in [5.41, 5.74) is 2.90. The van der Waals surface area contributed by atoms with Crippen LogP contribution in [0.5, 0.6) is 0 Å². The number of hydrogen-bond donors (Lipinski definition) is 0. The lowest BCUT2D eigenvalue weighted by molar-refractivity contribution is -0.0181. The van der Waals surface area contributed by atoms with Crippen molar-refractivity contribution in [2.45, 2.75) is 45.4 Å². The Morgan fingerprint density at radius 1 is 0.895 bits per heavy atom. The molecule has 0 nitrogen and oxygen atoms in total.